The number of nitriles is 1. The second-order valence-electron chi connectivity index (χ2n) is 8.55. The van der Waals surface area contributed by atoms with Gasteiger partial charge < -0.3 is 10.1 Å². The van der Waals surface area contributed by atoms with Gasteiger partial charge >= 0.3 is 0 Å². The molecule has 1 N–H and O–H groups in total. The number of nitrogens with zero attached hydrogens (tertiary/aromatic N) is 2. The smallest absolute Gasteiger partial charge is 0.264 e. The predicted molar refractivity (Wildman–Crippen MR) is 148 cm³/mol. The van der Waals surface area contributed by atoms with Crippen molar-refractivity contribution in [2.24, 2.45) is 0 Å². The quantitative estimate of drug-likeness (QED) is 0.309. The fourth-order valence-electron chi connectivity index (χ4n) is 3.98. The number of methoxy groups -OCH3 is 1. The van der Waals surface area contributed by atoms with Crippen LogP contribution in [0, 0.1) is 18.3 Å². The lowest BCUT2D eigenvalue weighted by Crippen LogP contribution is -2.32. The molecule has 1 aliphatic rings. The van der Waals surface area contributed by atoms with E-state index in [2.05, 4.69) is 5.32 Å². The molecule has 0 saturated carbocycles. The van der Waals surface area contributed by atoms with E-state index in [1.54, 1.807) is 19.2 Å². The van der Waals surface area contributed by atoms with E-state index in [1.165, 1.54) is 16.7 Å². The second kappa shape index (κ2) is 12.0. The summed E-state index contributed by atoms with van der Waals surface area (Å²) < 4.78 is 5.17. The van der Waals surface area contributed by atoms with Gasteiger partial charge in [-0.15, -0.1) is 0 Å². The van der Waals surface area contributed by atoms with E-state index in [0.29, 0.717) is 35.1 Å². The Kier molecular flexibility index (Phi) is 8.54. The van der Waals surface area contributed by atoms with E-state index < -0.39 is 11.2 Å². The zero-order valence-electron chi connectivity index (χ0n) is 20.5. The van der Waals surface area contributed by atoms with Crippen LogP contribution in [0.2, 0.25) is 5.02 Å². The monoisotopic (exact) mass is 531 g/mol. The Balaban J connectivity index is 1.57. The fourth-order valence-corrected chi connectivity index (χ4v) is 5.49. The number of carbonyl (C=O) groups is 2. The van der Waals surface area contributed by atoms with E-state index in [0.717, 1.165) is 22.4 Å². The summed E-state index contributed by atoms with van der Waals surface area (Å²) in [7, 11) is 1.61. The van der Waals surface area contributed by atoms with Crippen molar-refractivity contribution in [3.8, 4) is 11.8 Å². The van der Waals surface area contributed by atoms with E-state index >= 15 is 0 Å². The number of hydrogen-bond acceptors (Lipinski definition) is 5. The van der Waals surface area contributed by atoms with Gasteiger partial charge in [-0.1, -0.05) is 65.8 Å². The van der Waals surface area contributed by atoms with Gasteiger partial charge in [-0.05, 0) is 66.8 Å². The molecule has 188 valence electrons. The SMILES string of the molecule is COc1ccc(CCNC(=O)/C(C#N)=C2/SC(Cc3ccc(C)c(Cl)c3)C(=O)N2c2ccccc2)cc1. The molecule has 1 aliphatic heterocycles. The molecule has 4 rings (SSSR count). The Morgan fingerprint density at radius 1 is 1.11 bits per heavy atom. The van der Waals surface area contributed by atoms with E-state index in [1.807, 2.05) is 73.7 Å². The number of amides is 2. The van der Waals surface area contributed by atoms with Crippen molar-refractivity contribution in [2.45, 2.75) is 25.0 Å². The highest BCUT2D eigenvalue weighted by Gasteiger charge is 2.40. The summed E-state index contributed by atoms with van der Waals surface area (Å²) in [4.78, 5) is 28.1. The second-order valence-corrected chi connectivity index (χ2v) is 10.1. The van der Waals surface area contributed by atoms with Gasteiger partial charge in [0.15, 0.2) is 0 Å². The van der Waals surface area contributed by atoms with Gasteiger partial charge in [0, 0.05) is 17.3 Å². The zero-order chi connectivity index (χ0) is 26.4. The summed E-state index contributed by atoms with van der Waals surface area (Å²) in [6.07, 6.45) is 1.02. The van der Waals surface area contributed by atoms with Crippen LogP contribution in [-0.2, 0) is 22.4 Å². The van der Waals surface area contributed by atoms with Crippen molar-refractivity contribution in [1.82, 2.24) is 5.32 Å². The van der Waals surface area contributed by atoms with E-state index in [9.17, 15) is 14.9 Å². The molecule has 8 heteroatoms. The molecule has 1 saturated heterocycles. The molecule has 1 heterocycles. The van der Waals surface area contributed by atoms with Gasteiger partial charge in [-0.2, -0.15) is 5.26 Å². The first-order chi connectivity index (χ1) is 17.9. The third-order valence-electron chi connectivity index (χ3n) is 6.04. The molecule has 1 atom stereocenters. The molecule has 0 spiro atoms. The van der Waals surface area contributed by atoms with Gasteiger partial charge in [0.25, 0.3) is 5.91 Å². The van der Waals surface area contributed by atoms with Crippen LogP contribution in [0.5, 0.6) is 5.75 Å². The topological polar surface area (TPSA) is 82.4 Å². The summed E-state index contributed by atoms with van der Waals surface area (Å²) in [6, 6.07) is 24.4. The maximum atomic E-state index is 13.6. The third kappa shape index (κ3) is 6.16. The lowest BCUT2D eigenvalue weighted by molar-refractivity contribution is -0.117. The first kappa shape index (κ1) is 26.3. The Hall–Kier alpha value is -3.73. The summed E-state index contributed by atoms with van der Waals surface area (Å²) in [6.45, 7) is 2.27. The minimum Gasteiger partial charge on any atom is -0.497 e. The predicted octanol–water partition coefficient (Wildman–Crippen LogP) is 5.44. The standard InChI is InChI=1S/C29H26ClN3O3S/c1-19-8-9-21(16-25(19)30)17-26-28(35)33(22-6-4-3-5-7-22)29(37-26)24(18-31)27(34)32-15-14-20-10-12-23(36-2)13-11-20/h3-13,16,26H,14-15,17H2,1-2H3,(H,32,34)/b29-24+. The van der Waals surface area contributed by atoms with Gasteiger partial charge in [0.05, 0.1) is 12.4 Å². The lowest BCUT2D eigenvalue weighted by Gasteiger charge is -2.18. The van der Waals surface area contributed by atoms with E-state index in [4.69, 9.17) is 16.3 Å². The highest BCUT2D eigenvalue weighted by Crippen LogP contribution is 2.42. The Morgan fingerprint density at radius 2 is 1.81 bits per heavy atom. The molecule has 6 nitrogen and oxygen atoms in total. The average molecular weight is 532 g/mol. The van der Waals surface area contributed by atoms with Crippen molar-refractivity contribution < 1.29 is 14.3 Å². The molecule has 37 heavy (non-hydrogen) atoms. The van der Waals surface area contributed by atoms with Crippen LogP contribution in [0.3, 0.4) is 0 Å². The molecule has 3 aromatic carbocycles. The number of ether oxygens (including phenoxy) is 1. The minimum absolute atomic E-state index is 0.0821. The maximum Gasteiger partial charge on any atom is 0.264 e. The summed E-state index contributed by atoms with van der Waals surface area (Å²) in [5.74, 6) is 0.0728. The number of anilines is 1. The number of halogens is 1. The summed E-state index contributed by atoms with van der Waals surface area (Å²) >= 11 is 7.53. The first-order valence-corrected chi connectivity index (χ1v) is 13.0. The average Bonchev–Trinajstić information content (AvgIpc) is 3.22. The van der Waals surface area contributed by atoms with Crippen molar-refractivity contribution in [1.29, 1.82) is 5.26 Å². The summed E-state index contributed by atoms with van der Waals surface area (Å²) in [5.41, 5.74) is 3.43. The minimum atomic E-state index is -0.508. The molecule has 1 fully saturated rings. The number of carbonyl (C=O) groups excluding carboxylic acids is 2. The molecule has 0 bridgehead atoms. The Morgan fingerprint density at radius 3 is 2.46 bits per heavy atom. The molecule has 1 unspecified atom stereocenters. The maximum absolute atomic E-state index is 13.6. The zero-order valence-corrected chi connectivity index (χ0v) is 22.1. The molecule has 0 aromatic heterocycles. The summed E-state index contributed by atoms with van der Waals surface area (Å²) in [5, 5.41) is 13.3. The van der Waals surface area contributed by atoms with Crippen LogP contribution in [0.15, 0.2) is 83.4 Å². The normalized spacial score (nSPS) is 16.3. The van der Waals surface area contributed by atoms with Crippen molar-refractivity contribution in [3.05, 3.63) is 105 Å². The van der Waals surface area contributed by atoms with Gasteiger partial charge in [0.2, 0.25) is 5.91 Å². The molecule has 0 radical (unpaired) electrons. The number of aryl methyl sites for hydroxylation is 1. The van der Waals surface area contributed by atoms with Crippen molar-refractivity contribution >= 4 is 40.9 Å². The third-order valence-corrected chi connectivity index (χ3v) is 7.71. The Labute approximate surface area is 225 Å². The van der Waals surface area contributed by atoms with Crippen LogP contribution < -0.4 is 15.0 Å². The molecular formula is C29H26ClN3O3S. The van der Waals surface area contributed by atoms with Gasteiger partial charge in [-0.3, -0.25) is 14.5 Å². The fraction of sp³-hybridized carbons (Fsp3) is 0.207. The number of benzene rings is 3. The lowest BCUT2D eigenvalue weighted by atomic mass is 10.1. The molecule has 2 amide bonds. The highest BCUT2D eigenvalue weighted by molar-refractivity contribution is 8.05. The van der Waals surface area contributed by atoms with Gasteiger partial charge in [0.1, 0.15) is 22.4 Å². The van der Waals surface area contributed by atoms with E-state index in [-0.39, 0.29) is 11.5 Å². The Bertz CT molecular complexity index is 1370. The highest BCUT2D eigenvalue weighted by atomic mass is 35.5. The molecular weight excluding hydrogens is 506 g/mol. The molecule has 3 aromatic rings. The number of hydrogen-bond donors (Lipinski definition) is 1. The number of rotatable bonds is 8. The first-order valence-electron chi connectivity index (χ1n) is 11.8. The van der Waals surface area contributed by atoms with Crippen molar-refractivity contribution in [2.75, 3.05) is 18.6 Å². The van der Waals surface area contributed by atoms with Crippen LogP contribution >= 0.6 is 23.4 Å². The molecule has 0 aliphatic carbocycles. The number of para-hydroxylation sites is 1. The largest absolute Gasteiger partial charge is 0.497 e. The van der Waals surface area contributed by atoms with Crippen LogP contribution in [0.25, 0.3) is 0 Å². The van der Waals surface area contributed by atoms with Crippen LogP contribution in [0.1, 0.15) is 16.7 Å². The number of nitrogens with one attached hydrogen (secondary N) is 1. The van der Waals surface area contributed by atoms with Crippen LogP contribution in [0.4, 0.5) is 5.69 Å². The number of thioether (sulfide) groups is 1. The van der Waals surface area contributed by atoms with Gasteiger partial charge in [-0.25, -0.2) is 0 Å². The van der Waals surface area contributed by atoms with Crippen molar-refractivity contribution in [3.63, 3.8) is 0 Å². The van der Waals surface area contributed by atoms with Crippen LogP contribution in [-0.4, -0.2) is 30.7 Å².